The molecule has 0 saturated carbocycles. The van der Waals surface area contributed by atoms with Crippen LogP contribution in [-0.4, -0.2) is 28.0 Å². The van der Waals surface area contributed by atoms with Gasteiger partial charge in [0.05, 0.1) is 17.5 Å². The molecule has 2 aromatic carbocycles. The fraction of sp³-hybridized carbons (Fsp3) is 0.0870. The Morgan fingerprint density at radius 2 is 1.77 bits per heavy atom. The Morgan fingerprint density at radius 3 is 2.48 bits per heavy atom. The van der Waals surface area contributed by atoms with Gasteiger partial charge >= 0.3 is 11.7 Å². The van der Waals surface area contributed by atoms with Gasteiger partial charge in [0.1, 0.15) is 11.3 Å². The van der Waals surface area contributed by atoms with Crippen LogP contribution >= 0.6 is 0 Å². The minimum atomic E-state index is -0.790. The van der Waals surface area contributed by atoms with Crippen molar-refractivity contribution in [3.63, 3.8) is 0 Å². The topological polar surface area (TPSA) is 107 Å². The fourth-order valence-electron chi connectivity index (χ4n) is 3.46. The van der Waals surface area contributed by atoms with Gasteiger partial charge < -0.3 is 10.1 Å². The number of carbonyl (C=O) groups is 1. The van der Waals surface area contributed by atoms with E-state index in [2.05, 4.69) is 15.3 Å². The number of carbonyl (C=O) groups excluding carboxylic acids is 1. The first-order valence-electron chi connectivity index (χ1n) is 9.42. The number of aromatic nitrogens is 2. The molecule has 0 unspecified atom stereocenters. The average Bonchev–Trinajstić information content (AvgIpc) is 2.78. The number of hydrogen-bond acceptors (Lipinski definition) is 7. The average molecular weight is 414 g/mol. The van der Waals surface area contributed by atoms with E-state index in [-0.39, 0.29) is 16.9 Å². The molecule has 31 heavy (non-hydrogen) atoms. The monoisotopic (exact) mass is 414 g/mol. The summed E-state index contributed by atoms with van der Waals surface area (Å²) in [4.78, 5) is 32.3. The molecule has 0 radical (unpaired) electrons. The van der Waals surface area contributed by atoms with Crippen LogP contribution in [0.1, 0.15) is 16.1 Å². The van der Waals surface area contributed by atoms with Crippen LogP contribution in [0.5, 0.6) is 0 Å². The number of esters is 1. The Morgan fingerprint density at radius 1 is 1.03 bits per heavy atom. The second-order valence-corrected chi connectivity index (χ2v) is 6.86. The van der Waals surface area contributed by atoms with E-state index in [1.165, 1.54) is 13.2 Å². The largest absolute Gasteiger partial charge is 0.465 e. The molecule has 0 bridgehead atoms. The number of aryl methyl sites for hydroxylation is 1. The molecule has 8 nitrogen and oxygen atoms in total. The highest BCUT2D eigenvalue weighted by atomic mass is 16.6. The molecule has 0 aliphatic carbocycles. The molecule has 154 valence electrons. The zero-order valence-electron chi connectivity index (χ0n) is 16.8. The number of nitrogens with zero attached hydrogens (tertiary/aromatic N) is 3. The van der Waals surface area contributed by atoms with Gasteiger partial charge in [0, 0.05) is 29.2 Å². The Bertz CT molecular complexity index is 1310. The molecule has 0 spiro atoms. The lowest BCUT2D eigenvalue weighted by atomic mass is 10.0. The number of hydrogen-bond donors (Lipinski definition) is 1. The number of ether oxygens (including phenoxy) is 1. The van der Waals surface area contributed by atoms with Gasteiger partial charge in [-0.1, -0.05) is 18.2 Å². The first kappa shape index (κ1) is 20.0. The zero-order chi connectivity index (χ0) is 22.0. The number of anilines is 2. The van der Waals surface area contributed by atoms with Gasteiger partial charge in [-0.05, 0) is 54.4 Å². The highest BCUT2D eigenvalue weighted by Gasteiger charge is 2.27. The van der Waals surface area contributed by atoms with Crippen molar-refractivity contribution in [2.45, 2.75) is 6.92 Å². The molecule has 2 heterocycles. The number of rotatable bonds is 5. The van der Waals surface area contributed by atoms with Gasteiger partial charge in [-0.3, -0.25) is 20.1 Å². The molecule has 1 N–H and O–H groups in total. The third kappa shape index (κ3) is 3.91. The summed E-state index contributed by atoms with van der Waals surface area (Å²) in [5.74, 6) is -0.790. The lowest BCUT2D eigenvalue weighted by Gasteiger charge is -2.14. The maximum Gasteiger partial charge on any atom is 0.345 e. The first-order valence-corrected chi connectivity index (χ1v) is 9.42. The second-order valence-electron chi connectivity index (χ2n) is 6.86. The zero-order valence-corrected chi connectivity index (χ0v) is 16.8. The number of benzene rings is 2. The quantitative estimate of drug-likeness (QED) is 0.277. The van der Waals surface area contributed by atoms with Crippen LogP contribution in [0.25, 0.3) is 22.0 Å². The number of nitro benzene ring substituents is 1. The SMILES string of the molecule is COC(=O)c1cc(-c2ccncc2)cc(Nc2cc(C)nc3ccccc23)c1[N+](=O)[O-]. The van der Waals surface area contributed by atoms with Gasteiger partial charge in [-0.2, -0.15) is 0 Å². The molecule has 0 aliphatic rings. The van der Waals surface area contributed by atoms with E-state index in [4.69, 9.17) is 4.74 Å². The minimum absolute atomic E-state index is 0.139. The lowest BCUT2D eigenvalue weighted by Crippen LogP contribution is -2.09. The van der Waals surface area contributed by atoms with Crippen molar-refractivity contribution < 1.29 is 14.5 Å². The number of methoxy groups -OCH3 is 1. The van der Waals surface area contributed by atoms with Gasteiger partial charge in [-0.25, -0.2) is 4.79 Å². The predicted octanol–water partition coefficient (Wildman–Crippen LogP) is 5.04. The summed E-state index contributed by atoms with van der Waals surface area (Å²) < 4.78 is 4.82. The van der Waals surface area contributed by atoms with Crippen molar-refractivity contribution in [3.8, 4) is 11.1 Å². The summed E-state index contributed by atoms with van der Waals surface area (Å²) in [6.07, 6.45) is 3.22. The maximum atomic E-state index is 12.4. The highest BCUT2D eigenvalue weighted by Crippen LogP contribution is 2.38. The van der Waals surface area contributed by atoms with E-state index >= 15 is 0 Å². The summed E-state index contributed by atoms with van der Waals surface area (Å²) in [7, 11) is 1.19. The summed E-state index contributed by atoms with van der Waals surface area (Å²) >= 11 is 0. The van der Waals surface area contributed by atoms with Crippen LogP contribution in [0.15, 0.2) is 67.0 Å². The molecule has 2 aromatic heterocycles. The van der Waals surface area contributed by atoms with E-state index < -0.39 is 10.9 Å². The van der Waals surface area contributed by atoms with E-state index in [0.29, 0.717) is 11.3 Å². The standard InChI is InChI=1S/C23H18N4O4/c1-14-11-20(17-5-3-4-6-19(17)25-14)26-21-13-16(15-7-9-24-10-8-15)12-18(23(28)31-2)22(21)27(29)30/h3-13H,1-2H3,(H,25,26). The van der Waals surface area contributed by atoms with Gasteiger partial charge in [0.15, 0.2) is 0 Å². The molecule has 0 fully saturated rings. The number of fused-ring (bicyclic) bond motifs is 1. The highest BCUT2D eigenvalue weighted by molar-refractivity contribution is 6.01. The molecular weight excluding hydrogens is 396 g/mol. The van der Waals surface area contributed by atoms with E-state index in [0.717, 1.165) is 22.2 Å². The third-order valence-corrected chi connectivity index (χ3v) is 4.83. The maximum absolute atomic E-state index is 12.4. The number of nitrogens with one attached hydrogen (secondary N) is 1. The Hall–Kier alpha value is -4.33. The Labute approximate surface area is 177 Å². The van der Waals surface area contributed by atoms with Crippen molar-refractivity contribution >= 4 is 33.9 Å². The molecule has 4 aromatic rings. The van der Waals surface area contributed by atoms with Crippen molar-refractivity contribution in [2.24, 2.45) is 0 Å². The van der Waals surface area contributed by atoms with Gasteiger partial charge in [-0.15, -0.1) is 0 Å². The van der Waals surface area contributed by atoms with Crippen molar-refractivity contribution in [3.05, 3.63) is 88.4 Å². The smallest absolute Gasteiger partial charge is 0.345 e. The normalized spacial score (nSPS) is 10.6. The van der Waals surface area contributed by atoms with Crippen LogP contribution in [0.3, 0.4) is 0 Å². The Balaban J connectivity index is 1.96. The molecule has 4 rings (SSSR count). The van der Waals surface area contributed by atoms with Crippen LogP contribution < -0.4 is 5.32 Å². The summed E-state index contributed by atoms with van der Waals surface area (Å²) in [5.41, 5.74) is 3.21. The molecule has 0 atom stereocenters. The van der Waals surface area contributed by atoms with Crippen molar-refractivity contribution in [2.75, 3.05) is 12.4 Å². The van der Waals surface area contributed by atoms with Gasteiger partial charge in [0.25, 0.3) is 0 Å². The number of nitro groups is 1. The second kappa shape index (κ2) is 8.19. The third-order valence-electron chi connectivity index (χ3n) is 4.83. The fourth-order valence-corrected chi connectivity index (χ4v) is 3.46. The van der Waals surface area contributed by atoms with E-state index in [9.17, 15) is 14.9 Å². The lowest BCUT2D eigenvalue weighted by molar-refractivity contribution is -0.384. The predicted molar refractivity (Wildman–Crippen MR) is 117 cm³/mol. The van der Waals surface area contributed by atoms with Crippen LogP contribution in [0.4, 0.5) is 17.1 Å². The molecule has 0 amide bonds. The van der Waals surface area contributed by atoms with E-state index in [1.807, 2.05) is 37.3 Å². The molecule has 0 aliphatic heterocycles. The van der Waals surface area contributed by atoms with Crippen LogP contribution in [0.2, 0.25) is 0 Å². The summed E-state index contributed by atoms with van der Waals surface area (Å²) in [6.45, 7) is 1.85. The minimum Gasteiger partial charge on any atom is -0.465 e. The summed E-state index contributed by atoms with van der Waals surface area (Å²) in [6, 6.07) is 15.9. The van der Waals surface area contributed by atoms with E-state index in [1.54, 1.807) is 30.6 Å². The number of pyridine rings is 2. The molecule has 8 heteroatoms. The molecule has 0 saturated heterocycles. The first-order chi connectivity index (χ1) is 15.0. The summed E-state index contributed by atoms with van der Waals surface area (Å²) in [5, 5.41) is 15.9. The van der Waals surface area contributed by atoms with Crippen molar-refractivity contribution in [1.29, 1.82) is 0 Å². The van der Waals surface area contributed by atoms with Crippen molar-refractivity contribution in [1.82, 2.24) is 9.97 Å². The molecular formula is C23H18N4O4. The van der Waals surface area contributed by atoms with Crippen LogP contribution in [-0.2, 0) is 4.74 Å². The number of para-hydroxylation sites is 1. The Kier molecular flexibility index (Phi) is 5.28. The van der Waals surface area contributed by atoms with Crippen LogP contribution in [0, 0.1) is 17.0 Å². The van der Waals surface area contributed by atoms with Gasteiger partial charge in [0.2, 0.25) is 0 Å².